The molecule has 0 aliphatic carbocycles. The minimum atomic E-state index is -0.149. The van der Waals surface area contributed by atoms with Crippen LogP contribution in [0.15, 0.2) is 29.6 Å². The van der Waals surface area contributed by atoms with E-state index in [-0.39, 0.29) is 12.0 Å². The minimum absolute atomic E-state index is 0.00132. The Morgan fingerprint density at radius 3 is 2.75 bits per heavy atom. The van der Waals surface area contributed by atoms with Crippen molar-refractivity contribution in [2.45, 2.75) is 31.8 Å². The Balaban J connectivity index is 2.05. The molecule has 1 aromatic carbocycles. The van der Waals surface area contributed by atoms with Gasteiger partial charge in [-0.15, -0.1) is 11.3 Å². The summed E-state index contributed by atoms with van der Waals surface area (Å²) in [5.41, 5.74) is 3.13. The highest BCUT2D eigenvalue weighted by Gasteiger charge is 2.39. The van der Waals surface area contributed by atoms with E-state index in [1.807, 2.05) is 5.38 Å². The van der Waals surface area contributed by atoms with Crippen LogP contribution in [0.4, 0.5) is 0 Å². The fourth-order valence-corrected chi connectivity index (χ4v) is 3.84. The summed E-state index contributed by atoms with van der Waals surface area (Å²) in [6.45, 7) is 3.60. The van der Waals surface area contributed by atoms with Gasteiger partial charge in [-0.25, -0.2) is 4.98 Å². The topological polar surface area (TPSA) is 42.4 Å². The third kappa shape index (κ3) is 2.39. The van der Waals surface area contributed by atoms with Crippen LogP contribution in [0.3, 0.4) is 0 Å². The van der Waals surface area contributed by atoms with Crippen LogP contribution in [0.5, 0.6) is 0 Å². The maximum Gasteiger partial charge on any atom is 0.106 e. The number of benzene rings is 1. The van der Waals surface area contributed by atoms with Gasteiger partial charge in [0.1, 0.15) is 5.01 Å². The van der Waals surface area contributed by atoms with Crippen LogP contribution in [-0.4, -0.2) is 23.3 Å². The van der Waals surface area contributed by atoms with Gasteiger partial charge in [-0.2, -0.15) is 0 Å². The molecule has 3 nitrogen and oxygen atoms in total. The first-order valence-electron chi connectivity index (χ1n) is 6.95. The van der Waals surface area contributed by atoms with Crippen LogP contribution >= 0.6 is 11.3 Å². The van der Waals surface area contributed by atoms with Gasteiger partial charge in [0.25, 0.3) is 0 Å². The van der Waals surface area contributed by atoms with Crippen LogP contribution in [-0.2, 0) is 16.8 Å². The van der Waals surface area contributed by atoms with Gasteiger partial charge < -0.3 is 9.84 Å². The molecule has 0 saturated carbocycles. The Hall–Kier alpha value is -1.23. The number of hydrogen-bond acceptors (Lipinski definition) is 4. The first kappa shape index (κ1) is 13.7. The van der Waals surface area contributed by atoms with E-state index in [2.05, 4.69) is 36.2 Å². The smallest absolute Gasteiger partial charge is 0.106 e. The van der Waals surface area contributed by atoms with E-state index < -0.39 is 0 Å². The SMILES string of the molecule is Cc1ccc(C2(c3nc(CO)cs3)CCCOC2)cc1. The van der Waals surface area contributed by atoms with Gasteiger partial charge in [0.15, 0.2) is 0 Å². The zero-order valence-electron chi connectivity index (χ0n) is 11.6. The average Bonchev–Trinajstić information content (AvgIpc) is 2.98. The summed E-state index contributed by atoms with van der Waals surface area (Å²) in [7, 11) is 0. The molecule has 1 fully saturated rings. The lowest BCUT2D eigenvalue weighted by molar-refractivity contribution is 0.0503. The molecule has 106 valence electrons. The number of thiazole rings is 1. The molecule has 3 rings (SSSR count). The third-order valence-corrected chi connectivity index (χ3v) is 5.06. The Kier molecular flexibility index (Phi) is 3.87. The maximum atomic E-state index is 9.25. The van der Waals surface area contributed by atoms with Gasteiger partial charge in [-0.3, -0.25) is 0 Å². The molecule has 4 heteroatoms. The summed E-state index contributed by atoms with van der Waals surface area (Å²) in [5.74, 6) is 0. The highest BCUT2D eigenvalue weighted by atomic mass is 32.1. The summed E-state index contributed by atoms with van der Waals surface area (Å²) < 4.78 is 5.77. The molecular weight excluding hydrogens is 270 g/mol. The summed E-state index contributed by atoms with van der Waals surface area (Å²) in [4.78, 5) is 4.61. The average molecular weight is 289 g/mol. The van der Waals surface area contributed by atoms with Gasteiger partial charge in [0.2, 0.25) is 0 Å². The standard InChI is InChI=1S/C16H19NO2S/c1-12-3-5-13(6-4-12)16(7-2-8-19-11-16)15-17-14(9-18)10-20-15/h3-6,10,18H,2,7-9,11H2,1H3. The molecule has 1 aliphatic rings. The van der Waals surface area contributed by atoms with Crippen LogP contribution in [0.1, 0.15) is 34.7 Å². The van der Waals surface area contributed by atoms with Gasteiger partial charge in [-0.1, -0.05) is 29.8 Å². The predicted octanol–water partition coefficient (Wildman–Crippen LogP) is 3.04. The molecule has 0 spiro atoms. The van der Waals surface area contributed by atoms with Crippen LogP contribution in [0.25, 0.3) is 0 Å². The Morgan fingerprint density at radius 1 is 1.35 bits per heavy atom. The first-order valence-corrected chi connectivity index (χ1v) is 7.83. The zero-order valence-corrected chi connectivity index (χ0v) is 12.4. The minimum Gasteiger partial charge on any atom is -0.390 e. The number of aliphatic hydroxyl groups excluding tert-OH is 1. The number of aromatic nitrogens is 1. The largest absolute Gasteiger partial charge is 0.390 e. The van der Waals surface area contributed by atoms with E-state index in [1.54, 1.807) is 11.3 Å². The number of ether oxygens (including phenoxy) is 1. The van der Waals surface area contributed by atoms with Crippen molar-refractivity contribution in [3.63, 3.8) is 0 Å². The van der Waals surface area contributed by atoms with Crippen LogP contribution in [0.2, 0.25) is 0 Å². The molecule has 1 aliphatic heterocycles. The Bertz CT molecular complexity index is 570. The van der Waals surface area contributed by atoms with E-state index in [0.29, 0.717) is 6.61 Å². The summed E-state index contributed by atoms with van der Waals surface area (Å²) in [5, 5.41) is 12.3. The summed E-state index contributed by atoms with van der Waals surface area (Å²) in [6, 6.07) is 8.66. The van der Waals surface area contributed by atoms with Crippen LogP contribution in [0, 0.1) is 6.92 Å². The van der Waals surface area contributed by atoms with E-state index >= 15 is 0 Å². The molecule has 0 amide bonds. The number of aliphatic hydroxyl groups is 1. The number of hydrogen-bond donors (Lipinski definition) is 1. The first-order chi connectivity index (χ1) is 9.74. The lowest BCUT2D eigenvalue weighted by Gasteiger charge is -2.36. The second kappa shape index (κ2) is 5.64. The molecular formula is C16H19NO2S. The van der Waals surface area contributed by atoms with E-state index in [4.69, 9.17) is 4.74 Å². The normalized spacial score (nSPS) is 22.9. The van der Waals surface area contributed by atoms with Crippen molar-refractivity contribution in [2.75, 3.05) is 13.2 Å². The van der Waals surface area contributed by atoms with Gasteiger partial charge in [0.05, 0.1) is 24.3 Å². The lowest BCUT2D eigenvalue weighted by Crippen LogP contribution is -2.37. The molecule has 0 radical (unpaired) electrons. The van der Waals surface area contributed by atoms with Gasteiger partial charge in [0, 0.05) is 12.0 Å². The van der Waals surface area contributed by atoms with Crippen molar-refractivity contribution in [3.05, 3.63) is 51.5 Å². The van der Waals surface area contributed by atoms with Gasteiger partial charge >= 0.3 is 0 Å². The van der Waals surface area contributed by atoms with Crippen molar-refractivity contribution in [3.8, 4) is 0 Å². The summed E-state index contributed by atoms with van der Waals surface area (Å²) >= 11 is 1.63. The van der Waals surface area contributed by atoms with Crippen molar-refractivity contribution >= 4 is 11.3 Å². The molecule has 1 atom stereocenters. The molecule has 20 heavy (non-hydrogen) atoms. The van der Waals surface area contributed by atoms with E-state index in [9.17, 15) is 5.11 Å². The molecule has 0 bridgehead atoms. The quantitative estimate of drug-likeness (QED) is 0.944. The summed E-state index contributed by atoms with van der Waals surface area (Å²) in [6.07, 6.45) is 2.09. The Labute approximate surface area is 123 Å². The fraction of sp³-hybridized carbons (Fsp3) is 0.438. The van der Waals surface area contributed by atoms with Gasteiger partial charge in [-0.05, 0) is 25.3 Å². The molecule has 1 aromatic heterocycles. The lowest BCUT2D eigenvalue weighted by atomic mass is 9.76. The maximum absolute atomic E-state index is 9.25. The fourth-order valence-electron chi connectivity index (χ4n) is 2.79. The number of nitrogens with zero attached hydrogens (tertiary/aromatic N) is 1. The molecule has 1 saturated heterocycles. The Morgan fingerprint density at radius 2 is 2.15 bits per heavy atom. The van der Waals surface area contributed by atoms with Crippen molar-refractivity contribution in [1.29, 1.82) is 0 Å². The monoisotopic (exact) mass is 289 g/mol. The highest BCUT2D eigenvalue weighted by molar-refractivity contribution is 7.09. The second-order valence-electron chi connectivity index (χ2n) is 5.41. The van der Waals surface area contributed by atoms with Crippen LogP contribution < -0.4 is 0 Å². The van der Waals surface area contributed by atoms with E-state index in [0.717, 1.165) is 30.2 Å². The third-order valence-electron chi connectivity index (χ3n) is 3.97. The molecule has 2 aromatic rings. The molecule has 1 unspecified atom stereocenters. The van der Waals surface area contributed by atoms with Crippen molar-refractivity contribution in [1.82, 2.24) is 4.98 Å². The van der Waals surface area contributed by atoms with Crippen molar-refractivity contribution in [2.24, 2.45) is 0 Å². The number of rotatable bonds is 3. The highest BCUT2D eigenvalue weighted by Crippen LogP contribution is 2.41. The second-order valence-corrected chi connectivity index (χ2v) is 6.26. The zero-order chi connectivity index (χ0) is 14.0. The number of aryl methyl sites for hydroxylation is 1. The molecule has 2 heterocycles. The van der Waals surface area contributed by atoms with Crippen molar-refractivity contribution < 1.29 is 9.84 Å². The van der Waals surface area contributed by atoms with E-state index in [1.165, 1.54) is 11.1 Å². The molecule has 1 N–H and O–H groups in total. The predicted molar refractivity (Wildman–Crippen MR) is 80.0 cm³/mol.